The maximum atomic E-state index is 11.7. The second-order valence-electron chi connectivity index (χ2n) is 9.08. The number of ether oxygens (including phenoxy) is 1. The lowest BCUT2D eigenvalue weighted by atomic mass is 10.0. The van der Waals surface area contributed by atoms with Gasteiger partial charge >= 0.3 is 0 Å². The fourth-order valence-electron chi connectivity index (χ4n) is 4.93. The Morgan fingerprint density at radius 3 is 2.34 bits per heavy atom. The summed E-state index contributed by atoms with van der Waals surface area (Å²) in [7, 11) is -3.12. The topological polar surface area (TPSA) is 75.6 Å². The van der Waals surface area contributed by atoms with Crippen molar-refractivity contribution in [2.24, 2.45) is 17.8 Å². The van der Waals surface area contributed by atoms with Crippen LogP contribution in [0.5, 0.6) is 5.75 Å². The van der Waals surface area contributed by atoms with Crippen molar-refractivity contribution >= 4 is 21.5 Å². The Hall–Kier alpha value is -2.45. The van der Waals surface area contributed by atoms with Crippen LogP contribution < -0.4 is 9.64 Å². The van der Waals surface area contributed by atoms with Crippen molar-refractivity contribution in [1.82, 2.24) is 14.3 Å². The lowest BCUT2D eigenvalue weighted by molar-refractivity contribution is 0.283. The van der Waals surface area contributed by atoms with Crippen LogP contribution in [-0.4, -0.2) is 61.7 Å². The minimum atomic E-state index is -3.12. The Morgan fingerprint density at radius 1 is 1.09 bits per heavy atom. The number of aryl methyl sites for hydroxylation is 1. The van der Waals surface area contributed by atoms with E-state index in [0.29, 0.717) is 30.8 Å². The van der Waals surface area contributed by atoms with E-state index in [2.05, 4.69) is 33.9 Å². The molecule has 0 bridgehead atoms. The second kappa shape index (κ2) is 8.48. The Bertz CT molecular complexity index is 1090. The summed E-state index contributed by atoms with van der Waals surface area (Å²) in [6.45, 7) is 5.89. The molecule has 2 aromatic rings. The molecule has 1 aliphatic carbocycles. The predicted octanol–water partition coefficient (Wildman–Crippen LogP) is 2.85. The number of anilines is 1. The highest BCUT2D eigenvalue weighted by Gasteiger charge is 2.56. The van der Waals surface area contributed by atoms with Crippen molar-refractivity contribution in [1.29, 1.82) is 0 Å². The summed E-state index contributed by atoms with van der Waals surface area (Å²) in [5.74, 6) is 3.70. The number of rotatable bonds is 7. The Labute approximate surface area is 190 Å². The van der Waals surface area contributed by atoms with Gasteiger partial charge in [0.15, 0.2) is 0 Å². The third kappa shape index (κ3) is 4.38. The first-order valence-corrected chi connectivity index (χ1v) is 13.2. The van der Waals surface area contributed by atoms with E-state index in [-0.39, 0.29) is 0 Å². The summed E-state index contributed by atoms with van der Waals surface area (Å²) in [6.07, 6.45) is 8.84. The third-order valence-electron chi connectivity index (χ3n) is 7.06. The van der Waals surface area contributed by atoms with Gasteiger partial charge in [-0.25, -0.2) is 18.4 Å². The van der Waals surface area contributed by atoms with Crippen LogP contribution in [0.1, 0.15) is 24.5 Å². The quantitative estimate of drug-likeness (QED) is 0.640. The minimum Gasteiger partial charge on any atom is -0.493 e. The number of sulfonamides is 1. The van der Waals surface area contributed by atoms with Crippen molar-refractivity contribution in [3.8, 4) is 5.75 Å². The van der Waals surface area contributed by atoms with Gasteiger partial charge in [0.05, 0.1) is 12.9 Å². The number of piperidine rings is 1. The number of aromatic nitrogens is 2. The van der Waals surface area contributed by atoms with Crippen molar-refractivity contribution in [3.63, 3.8) is 0 Å². The van der Waals surface area contributed by atoms with Crippen molar-refractivity contribution in [2.75, 3.05) is 43.9 Å². The average molecular weight is 455 g/mol. The average Bonchev–Trinajstić information content (AvgIpc) is 3.26. The molecule has 32 heavy (non-hydrogen) atoms. The van der Waals surface area contributed by atoms with Gasteiger partial charge in [0.25, 0.3) is 0 Å². The van der Waals surface area contributed by atoms with Crippen molar-refractivity contribution < 1.29 is 13.2 Å². The number of fused-ring (bicyclic) bond motifs is 1. The first-order valence-electron chi connectivity index (χ1n) is 11.4. The Kier molecular flexibility index (Phi) is 5.67. The van der Waals surface area contributed by atoms with Crippen LogP contribution in [0.3, 0.4) is 0 Å². The monoisotopic (exact) mass is 454 g/mol. The van der Waals surface area contributed by atoms with Crippen molar-refractivity contribution in [2.45, 2.75) is 19.8 Å². The second-order valence-corrected chi connectivity index (χ2v) is 11.1. The summed E-state index contributed by atoms with van der Waals surface area (Å²) in [5, 5.41) is 0. The van der Waals surface area contributed by atoms with E-state index < -0.39 is 10.0 Å². The van der Waals surface area contributed by atoms with Crippen molar-refractivity contribution in [3.05, 3.63) is 53.9 Å². The maximum Gasteiger partial charge on any atom is 0.225 e. The molecule has 3 atom stereocenters. The molecule has 170 valence electrons. The lowest BCUT2D eigenvalue weighted by Crippen LogP contribution is -2.33. The molecule has 2 fully saturated rings. The molecule has 0 N–H and O–H groups in total. The van der Waals surface area contributed by atoms with Gasteiger partial charge in [0.1, 0.15) is 5.75 Å². The van der Waals surface area contributed by atoms with E-state index in [9.17, 15) is 8.42 Å². The summed E-state index contributed by atoms with van der Waals surface area (Å²) in [5.41, 5.74) is 3.51. The molecule has 8 heteroatoms. The molecule has 3 aliphatic rings. The highest BCUT2D eigenvalue weighted by atomic mass is 32.2. The number of hydrogen-bond donors (Lipinski definition) is 0. The van der Waals surface area contributed by atoms with Crippen LogP contribution in [0.4, 0.5) is 5.95 Å². The minimum absolute atomic E-state index is 0.446. The summed E-state index contributed by atoms with van der Waals surface area (Å²) < 4.78 is 30.9. The van der Waals surface area contributed by atoms with E-state index in [0.717, 1.165) is 49.8 Å². The largest absolute Gasteiger partial charge is 0.493 e. The van der Waals surface area contributed by atoms with Gasteiger partial charge in [-0.1, -0.05) is 25.1 Å². The van der Waals surface area contributed by atoms with Crippen LogP contribution in [0.25, 0.3) is 5.57 Å². The van der Waals surface area contributed by atoms with Gasteiger partial charge in [0, 0.05) is 44.5 Å². The van der Waals surface area contributed by atoms with Crippen LogP contribution in [0.2, 0.25) is 0 Å². The molecule has 7 nitrogen and oxygen atoms in total. The molecule has 0 spiro atoms. The predicted molar refractivity (Wildman–Crippen MR) is 125 cm³/mol. The Morgan fingerprint density at radius 2 is 1.78 bits per heavy atom. The highest BCUT2D eigenvalue weighted by Crippen LogP contribution is 2.52. The third-order valence-corrected chi connectivity index (χ3v) is 8.33. The number of benzene rings is 1. The van der Waals surface area contributed by atoms with Crippen LogP contribution in [0, 0.1) is 17.8 Å². The van der Waals surface area contributed by atoms with Crippen LogP contribution in [0.15, 0.2) is 42.7 Å². The zero-order valence-electron chi connectivity index (χ0n) is 18.6. The molecule has 1 saturated heterocycles. The van der Waals surface area contributed by atoms with E-state index in [1.807, 2.05) is 30.6 Å². The Balaban J connectivity index is 1.10. The fraction of sp³-hybridized carbons (Fsp3) is 0.500. The molecule has 1 unspecified atom stereocenters. The van der Waals surface area contributed by atoms with Gasteiger partial charge in [-0.05, 0) is 53.5 Å². The molecular weight excluding hydrogens is 424 g/mol. The summed E-state index contributed by atoms with van der Waals surface area (Å²) in [6, 6.07) is 8.19. The molecule has 0 radical (unpaired) electrons. The van der Waals surface area contributed by atoms with Crippen LogP contribution >= 0.6 is 0 Å². The summed E-state index contributed by atoms with van der Waals surface area (Å²) in [4.78, 5) is 11.3. The van der Waals surface area contributed by atoms with E-state index >= 15 is 0 Å². The standard InChI is InChI=1S/C24H30N4O3S/c1-3-17-12-25-24(26-13-17)27-14-21-22(15-27)23(21)16-31-20-6-4-18(5-7-20)19-8-10-28(11-9-19)32(2,29)30/h4-8,12-13,21-23H,3,9-11,14-16H2,1-2H3/t21-,22+,23?. The number of nitrogens with zero attached hydrogens (tertiary/aromatic N) is 4. The molecule has 5 rings (SSSR count). The molecule has 3 heterocycles. The summed E-state index contributed by atoms with van der Waals surface area (Å²) >= 11 is 0. The SMILES string of the molecule is CCc1cnc(N2C[C@@H]3C(COc4ccc(C5=CCN(S(C)(=O)=O)CC5)cc4)[C@@H]3C2)nc1. The van der Waals surface area contributed by atoms with E-state index in [1.165, 1.54) is 21.7 Å². The van der Waals surface area contributed by atoms with E-state index in [1.54, 1.807) is 0 Å². The van der Waals surface area contributed by atoms with Gasteiger partial charge in [-0.2, -0.15) is 4.31 Å². The smallest absolute Gasteiger partial charge is 0.225 e. The van der Waals surface area contributed by atoms with Gasteiger partial charge < -0.3 is 9.64 Å². The first kappa shape index (κ1) is 21.4. The maximum absolute atomic E-state index is 11.7. The fourth-order valence-corrected chi connectivity index (χ4v) is 5.69. The molecule has 2 aliphatic heterocycles. The van der Waals surface area contributed by atoms with Gasteiger partial charge in [-0.15, -0.1) is 0 Å². The zero-order valence-corrected chi connectivity index (χ0v) is 19.5. The molecule has 1 aromatic carbocycles. The molecular formula is C24H30N4O3S. The first-order chi connectivity index (χ1) is 15.4. The highest BCUT2D eigenvalue weighted by molar-refractivity contribution is 7.88. The zero-order chi connectivity index (χ0) is 22.3. The van der Waals surface area contributed by atoms with E-state index in [4.69, 9.17) is 4.74 Å². The molecule has 0 amide bonds. The lowest BCUT2D eigenvalue weighted by Gasteiger charge is -2.24. The molecule has 1 saturated carbocycles. The molecule has 1 aromatic heterocycles. The van der Waals surface area contributed by atoms with Gasteiger partial charge in [0.2, 0.25) is 16.0 Å². The van der Waals surface area contributed by atoms with Gasteiger partial charge in [-0.3, -0.25) is 0 Å². The normalized spacial score (nSPS) is 25.4. The number of hydrogen-bond acceptors (Lipinski definition) is 6. The van der Waals surface area contributed by atoms with Crippen LogP contribution in [-0.2, 0) is 16.4 Å².